The first-order valence-corrected chi connectivity index (χ1v) is 3.60. The van der Waals surface area contributed by atoms with Gasteiger partial charge in [0.15, 0.2) is 0 Å². The van der Waals surface area contributed by atoms with Gasteiger partial charge in [-0.1, -0.05) is 11.6 Å². The van der Waals surface area contributed by atoms with Gasteiger partial charge in [0.2, 0.25) is 0 Å². The maximum atomic E-state index is 8.87. The average Bonchev–Trinajstić information content (AvgIpc) is 1.63. The van der Waals surface area contributed by atoms with Crippen LogP contribution in [0.1, 0.15) is 20.3 Å². The van der Waals surface area contributed by atoms with Gasteiger partial charge in [0.05, 0.1) is 6.10 Å². The molecule has 0 radical (unpaired) electrons. The van der Waals surface area contributed by atoms with E-state index >= 15 is 0 Å². The van der Waals surface area contributed by atoms with Crippen molar-refractivity contribution in [2.75, 3.05) is 5.88 Å². The monoisotopic (exact) mass is 148 g/mol. The lowest BCUT2D eigenvalue weighted by atomic mass is 10.1. The van der Waals surface area contributed by atoms with E-state index in [9.17, 15) is 0 Å². The summed E-state index contributed by atoms with van der Waals surface area (Å²) in [5, 5.41) is 8.87. The number of rotatable bonds is 3. The molecule has 0 aliphatic carbocycles. The van der Waals surface area contributed by atoms with Crippen molar-refractivity contribution in [2.24, 2.45) is 0 Å². The van der Waals surface area contributed by atoms with Crippen molar-refractivity contribution in [3.05, 3.63) is 11.6 Å². The predicted octanol–water partition coefficient (Wildman–Crippen LogP) is 1.94. The van der Waals surface area contributed by atoms with Crippen LogP contribution in [-0.2, 0) is 0 Å². The van der Waals surface area contributed by atoms with E-state index < -0.39 is 0 Å². The molecule has 1 N–H and O–H groups in total. The van der Waals surface area contributed by atoms with Crippen LogP contribution in [-0.4, -0.2) is 17.1 Å². The van der Waals surface area contributed by atoms with Crippen molar-refractivity contribution < 1.29 is 5.11 Å². The van der Waals surface area contributed by atoms with Gasteiger partial charge in [-0.2, -0.15) is 0 Å². The Bertz CT molecular complexity index is 97.1. The minimum absolute atomic E-state index is 0.246. The standard InChI is InChI=1S/C7H13ClO/c1-6(3-4-8)5-7(2)9/h3,7,9H,4-5H2,1-2H3. The summed E-state index contributed by atoms with van der Waals surface area (Å²) in [7, 11) is 0. The molecule has 2 heteroatoms. The molecule has 0 fully saturated rings. The van der Waals surface area contributed by atoms with E-state index in [1.807, 2.05) is 13.0 Å². The van der Waals surface area contributed by atoms with E-state index in [2.05, 4.69) is 0 Å². The van der Waals surface area contributed by atoms with Crippen LogP contribution < -0.4 is 0 Å². The molecule has 0 aliphatic heterocycles. The van der Waals surface area contributed by atoms with E-state index in [1.165, 1.54) is 0 Å². The summed E-state index contributed by atoms with van der Waals surface area (Å²) in [6.45, 7) is 3.74. The number of alkyl halides is 1. The highest BCUT2D eigenvalue weighted by molar-refractivity contribution is 6.18. The summed E-state index contributed by atoms with van der Waals surface area (Å²) >= 11 is 5.42. The van der Waals surface area contributed by atoms with Crippen molar-refractivity contribution in [1.29, 1.82) is 0 Å². The molecule has 0 aromatic carbocycles. The fourth-order valence-corrected chi connectivity index (χ4v) is 0.944. The second-order valence-electron chi connectivity index (χ2n) is 2.26. The van der Waals surface area contributed by atoms with Crippen molar-refractivity contribution in [3.63, 3.8) is 0 Å². The van der Waals surface area contributed by atoms with Gasteiger partial charge in [0, 0.05) is 5.88 Å². The lowest BCUT2D eigenvalue weighted by molar-refractivity contribution is 0.195. The number of hydrogen-bond acceptors (Lipinski definition) is 1. The minimum atomic E-state index is -0.246. The van der Waals surface area contributed by atoms with Crippen molar-refractivity contribution in [2.45, 2.75) is 26.4 Å². The fraction of sp³-hybridized carbons (Fsp3) is 0.714. The quantitative estimate of drug-likeness (QED) is 0.479. The Kier molecular flexibility index (Phi) is 4.83. The topological polar surface area (TPSA) is 20.2 Å². The van der Waals surface area contributed by atoms with Crippen LogP contribution in [0.25, 0.3) is 0 Å². The van der Waals surface area contributed by atoms with E-state index in [0.717, 1.165) is 12.0 Å². The molecule has 0 heterocycles. The number of halogens is 1. The molecular weight excluding hydrogens is 136 g/mol. The highest BCUT2D eigenvalue weighted by atomic mass is 35.5. The Hall–Kier alpha value is -0.0100. The third-order valence-corrected chi connectivity index (χ3v) is 1.20. The van der Waals surface area contributed by atoms with Crippen molar-refractivity contribution >= 4 is 11.6 Å². The summed E-state index contributed by atoms with van der Waals surface area (Å²) in [5.41, 5.74) is 1.15. The molecule has 9 heavy (non-hydrogen) atoms. The predicted molar refractivity (Wildman–Crippen MR) is 40.8 cm³/mol. The molecule has 0 aromatic heterocycles. The lowest BCUT2D eigenvalue weighted by Crippen LogP contribution is -1.99. The molecular formula is C7H13ClO. The van der Waals surface area contributed by atoms with Crippen LogP contribution in [0.3, 0.4) is 0 Å². The van der Waals surface area contributed by atoms with Crippen LogP contribution in [0.15, 0.2) is 11.6 Å². The Morgan fingerprint density at radius 3 is 2.67 bits per heavy atom. The van der Waals surface area contributed by atoms with E-state index in [1.54, 1.807) is 6.92 Å². The lowest BCUT2D eigenvalue weighted by Gasteiger charge is -2.01. The van der Waals surface area contributed by atoms with Gasteiger partial charge in [0.25, 0.3) is 0 Å². The highest BCUT2D eigenvalue weighted by Crippen LogP contribution is 2.03. The third kappa shape index (κ3) is 5.87. The Morgan fingerprint density at radius 2 is 2.33 bits per heavy atom. The molecule has 0 aliphatic rings. The fourth-order valence-electron chi connectivity index (χ4n) is 0.681. The number of aliphatic hydroxyl groups excluding tert-OH is 1. The van der Waals surface area contributed by atoms with Crippen LogP contribution in [0.5, 0.6) is 0 Å². The summed E-state index contributed by atoms with van der Waals surface area (Å²) in [6.07, 6.45) is 2.39. The zero-order chi connectivity index (χ0) is 7.28. The molecule has 1 nitrogen and oxygen atoms in total. The largest absolute Gasteiger partial charge is 0.393 e. The highest BCUT2D eigenvalue weighted by Gasteiger charge is 1.94. The first kappa shape index (κ1) is 8.99. The summed E-state index contributed by atoms with van der Waals surface area (Å²) < 4.78 is 0. The van der Waals surface area contributed by atoms with E-state index in [-0.39, 0.29) is 6.10 Å². The summed E-state index contributed by atoms with van der Waals surface area (Å²) in [6, 6.07) is 0. The maximum Gasteiger partial charge on any atom is 0.0549 e. The van der Waals surface area contributed by atoms with Crippen molar-refractivity contribution in [3.8, 4) is 0 Å². The van der Waals surface area contributed by atoms with Crippen LogP contribution >= 0.6 is 11.6 Å². The summed E-state index contributed by atoms with van der Waals surface area (Å²) in [4.78, 5) is 0. The number of aliphatic hydroxyl groups is 1. The zero-order valence-electron chi connectivity index (χ0n) is 5.89. The molecule has 54 valence electrons. The second kappa shape index (κ2) is 4.83. The molecule has 0 spiro atoms. The molecule has 1 atom stereocenters. The van der Waals surface area contributed by atoms with Gasteiger partial charge in [-0.05, 0) is 20.3 Å². The minimum Gasteiger partial charge on any atom is -0.393 e. The molecule has 0 amide bonds. The third-order valence-electron chi connectivity index (χ3n) is 1.04. The first-order chi connectivity index (χ1) is 4.16. The van der Waals surface area contributed by atoms with Crippen LogP contribution in [0.4, 0.5) is 0 Å². The van der Waals surface area contributed by atoms with Gasteiger partial charge in [0.1, 0.15) is 0 Å². The second-order valence-corrected chi connectivity index (χ2v) is 2.57. The molecule has 0 aromatic rings. The van der Waals surface area contributed by atoms with Gasteiger partial charge < -0.3 is 5.11 Å². The van der Waals surface area contributed by atoms with E-state index in [4.69, 9.17) is 16.7 Å². The van der Waals surface area contributed by atoms with E-state index in [0.29, 0.717) is 5.88 Å². The van der Waals surface area contributed by atoms with Crippen molar-refractivity contribution in [1.82, 2.24) is 0 Å². The van der Waals surface area contributed by atoms with Crippen LogP contribution in [0, 0.1) is 0 Å². The number of hydrogen-bond donors (Lipinski definition) is 1. The Labute approximate surface area is 61.3 Å². The maximum absolute atomic E-state index is 8.87. The average molecular weight is 149 g/mol. The Morgan fingerprint density at radius 1 is 1.78 bits per heavy atom. The normalized spacial score (nSPS) is 15.8. The smallest absolute Gasteiger partial charge is 0.0549 e. The Balaban J connectivity index is 3.49. The van der Waals surface area contributed by atoms with Gasteiger partial charge in [-0.25, -0.2) is 0 Å². The molecule has 0 saturated heterocycles. The summed E-state index contributed by atoms with van der Waals surface area (Å²) in [5.74, 6) is 0.540. The van der Waals surface area contributed by atoms with Gasteiger partial charge in [-0.15, -0.1) is 11.6 Å². The molecule has 1 unspecified atom stereocenters. The SMILES string of the molecule is CC(=CCCl)CC(C)O. The molecule has 0 bridgehead atoms. The van der Waals surface area contributed by atoms with Crippen LogP contribution in [0.2, 0.25) is 0 Å². The zero-order valence-corrected chi connectivity index (χ0v) is 6.65. The van der Waals surface area contributed by atoms with Gasteiger partial charge >= 0.3 is 0 Å². The molecule has 0 saturated carbocycles. The first-order valence-electron chi connectivity index (χ1n) is 3.06. The molecule has 0 rings (SSSR count). The van der Waals surface area contributed by atoms with Gasteiger partial charge in [-0.3, -0.25) is 0 Å². The number of allylic oxidation sites excluding steroid dienone is 1.